The van der Waals surface area contributed by atoms with Crippen LogP contribution >= 0.6 is 11.6 Å². The van der Waals surface area contributed by atoms with Crippen LogP contribution in [0.1, 0.15) is 11.4 Å². The molecule has 3 nitrogen and oxygen atoms in total. The number of nitrogens with zero attached hydrogens (tertiary/aromatic N) is 2. The van der Waals surface area contributed by atoms with Crippen LogP contribution in [0, 0.1) is 6.92 Å². The highest BCUT2D eigenvalue weighted by Crippen LogP contribution is 2.23. The van der Waals surface area contributed by atoms with E-state index in [1.54, 1.807) is 0 Å². The topological polar surface area (TPSA) is 43.3 Å². The van der Waals surface area contributed by atoms with Gasteiger partial charge < -0.3 is 5.73 Å². The Morgan fingerprint density at radius 2 is 2.12 bits per heavy atom. The molecule has 2 aromatic heterocycles. The van der Waals surface area contributed by atoms with Gasteiger partial charge in [0.25, 0.3) is 0 Å². The predicted octanol–water partition coefficient (Wildman–Crippen LogP) is 2.91. The normalized spacial score (nSPS) is 11.5. The standard InChI is InChI=1S/C13H12ClN3/c1-8-12(7-15)17-11-4-3-10(14)6-9(11)2-5-13(17)16-8/h2-6H,7,15H2,1H3. The molecule has 0 aliphatic rings. The number of fused-ring (bicyclic) bond motifs is 3. The molecular formula is C13H12ClN3. The smallest absolute Gasteiger partial charge is 0.137 e. The third kappa shape index (κ3) is 1.51. The SMILES string of the molecule is Cc1nc2ccc3cc(Cl)ccc3n2c1CN. The molecule has 86 valence electrons. The monoisotopic (exact) mass is 245 g/mol. The fraction of sp³-hybridized carbons (Fsp3) is 0.154. The Morgan fingerprint density at radius 3 is 2.88 bits per heavy atom. The molecule has 0 amide bonds. The van der Waals surface area contributed by atoms with E-state index in [-0.39, 0.29) is 0 Å². The second-order valence-electron chi connectivity index (χ2n) is 4.08. The zero-order valence-corrected chi connectivity index (χ0v) is 10.2. The molecule has 3 aromatic rings. The van der Waals surface area contributed by atoms with Crippen LogP contribution in [0.15, 0.2) is 30.3 Å². The number of benzene rings is 1. The van der Waals surface area contributed by atoms with Crippen LogP contribution in [0.2, 0.25) is 5.02 Å². The quantitative estimate of drug-likeness (QED) is 0.716. The summed E-state index contributed by atoms with van der Waals surface area (Å²) < 4.78 is 2.10. The Kier molecular flexibility index (Phi) is 2.31. The van der Waals surface area contributed by atoms with Gasteiger partial charge in [-0.15, -0.1) is 0 Å². The second kappa shape index (κ2) is 3.72. The number of pyridine rings is 1. The summed E-state index contributed by atoms with van der Waals surface area (Å²) in [6, 6.07) is 9.87. The summed E-state index contributed by atoms with van der Waals surface area (Å²) in [6.45, 7) is 2.46. The van der Waals surface area contributed by atoms with Crippen molar-refractivity contribution in [1.29, 1.82) is 0 Å². The van der Waals surface area contributed by atoms with Crippen LogP contribution in [0.3, 0.4) is 0 Å². The van der Waals surface area contributed by atoms with Crippen molar-refractivity contribution in [2.75, 3.05) is 0 Å². The van der Waals surface area contributed by atoms with Gasteiger partial charge in [0.05, 0.1) is 16.9 Å². The van der Waals surface area contributed by atoms with Gasteiger partial charge in [-0.1, -0.05) is 11.6 Å². The Morgan fingerprint density at radius 1 is 1.29 bits per heavy atom. The van der Waals surface area contributed by atoms with Crippen LogP contribution in [0.5, 0.6) is 0 Å². The maximum atomic E-state index is 6.00. The predicted molar refractivity (Wildman–Crippen MR) is 70.3 cm³/mol. The number of aryl methyl sites for hydroxylation is 1. The molecule has 0 aliphatic heterocycles. The van der Waals surface area contributed by atoms with E-state index in [2.05, 4.69) is 9.38 Å². The molecule has 0 unspecified atom stereocenters. The van der Waals surface area contributed by atoms with Crippen molar-refractivity contribution in [3.05, 3.63) is 46.7 Å². The lowest BCUT2D eigenvalue weighted by molar-refractivity contribution is 0.961. The molecule has 0 radical (unpaired) electrons. The Bertz CT molecular complexity index is 715. The average molecular weight is 246 g/mol. The number of halogens is 1. The minimum absolute atomic E-state index is 0.481. The number of hydrogen-bond acceptors (Lipinski definition) is 2. The lowest BCUT2D eigenvalue weighted by Gasteiger charge is -2.05. The maximum absolute atomic E-state index is 6.00. The number of nitrogens with two attached hydrogens (primary N) is 1. The van der Waals surface area contributed by atoms with E-state index in [1.165, 1.54) is 0 Å². The van der Waals surface area contributed by atoms with Crippen molar-refractivity contribution < 1.29 is 0 Å². The molecule has 0 bridgehead atoms. The van der Waals surface area contributed by atoms with Gasteiger partial charge in [-0.25, -0.2) is 4.98 Å². The first-order chi connectivity index (χ1) is 8.20. The lowest BCUT2D eigenvalue weighted by Crippen LogP contribution is -2.03. The summed E-state index contributed by atoms with van der Waals surface area (Å²) in [7, 11) is 0. The summed E-state index contributed by atoms with van der Waals surface area (Å²) in [5, 5.41) is 1.83. The Labute approximate surface area is 104 Å². The fourth-order valence-electron chi connectivity index (χ4n) is 2.23. The maximum Gasteiger partial charge on any atom is 0.137 e. The number of hydrogen-bond donors (Lipinski definition) is 1. The zero-order valence-electron chi connectivity index (χ0n) is 9.44. The van der Waals surface area contributed by atoms with E-state index < -0.39 is 0 Å². The van der Waals surface area contributed by atoms with Gasteiger partial charge in [0.1, 0.15) is 5.65 Å². The highest BCUT2D eigenvalue weighted by Gasteiger charge is 2.09. The van der Waals surface area contributed by atoms with Gasteiger partial charge in [-0.05, 0) is 37.3 Å². The van der Waals surface area contributed by atoms with Gasteiger partial charge in [0, 0.05) is 17.0 Å². The van der Waals surface area contributed by atoms with Gasteiger partial charge >= 0.3 is 0 Å². The summed E-state index contributed by atoms with van der Waals surface area (Å²) >= 11 is 6.00. The first kappa shape index (κ1) is 10.6. The molecule has 0 aliphatic carbocycles. The van der Waals surface area contributed by atoms with Crippen LogP contribution in [-0.4, -0.2) is 9.38 Å². The zero-order chi connectivity index (χ0) is 12.0. The van der Waals surface area contributed by atoms with Crippen molar-refractivity contribution in [3.63, 3.8) is 0 Å². The summed E-state index contributed by atoms with van der Waals surface area (Å²) in [5.74, 6) is 0. The van der Waals surface area contributed by atoms with Gasteiger partial charge in [0.15, 0.2) is 0 Å². The van der Waals surface area contributed by atoms with Crippen LogP contribution in [0.25, 0.3) is 16.6 Å². The minimum atomic E-state index is 0.481. The van der Waals surface area contributed by atoms with E-state index in [9.17, 15) is 0 Å². The second-order valence-corrected chi connectivity index (χ2v) is 4.51. The molecule has 1 aromatic carbocycles. The van der Waals surface area contributed by atoms with Crippen molar-refractivity contribution in [3.8, 4) is 0 Å². The van der Waals surface area contributed by atoms with E-state index in [0.717, 1.165) is 33.0 Å². The van der Waals surface area contributed by atoms with E-state index in [1.807, 2.05) is 37.3 Å². The summed E-state index contributed by atoms with van der Waals surface area (Å²) in [5.41, 5.74) is 9.84. The molecule has 3 rings (SSSR count). The van der Waals surface area contributed by atoms with Gasteiger partial charge in [-0.2, -0.15) is 0 Å². The molecule has 0 atom stereocenters. The van der Waals surface area contributed by atoms with Crippen molar-refractivity contribution in [2.24, 2.45) is 5.73 Å². The minimum Gasteiger partial charge on any atom is -0.325 e. The van der Waals surface area contributed by atoms with Crippen molar-refractivity contribution >= 4 is 28.2 Å². The van der Waals surface area contributed by atoms with Crippen molar-refractivity contribution in [2.45, 2.75) is 13.5 Å². The van der Waals surface area contributed by atoms with E-state index >= 15 is 0 Å². The van der Waals surface area contributed by atoms with Crippen LogP contribution < -0.4 is 5.73 Å². The van der Waals surface area contributed by atoms with E-state index in [4.69, 9.17) is 17.3 Å². The molecular weight excluding hydrogens is 234 g/mol. The van der Waals surface area contributed by atoms with E-state index in [0.29, 0.717) is 6.54 Å². The van der Waals surface area contributed by atoms with Crippen LogP contribution in [0.4, 0.5) is 0 Å². The third-order valence-corrected chi connectivity index (χ3v) is 3.27. The molecule has 2 heterocycles. The first-order valence-electron chi connectivity index (χ1n) is 5.47. The molecule has 0 saturated carbocycles. The van der Waals surface area contributed by atoms with Crippen LogP contribution in [-0.2, 0) is 6.54 Å². The highest BCUT2D eigenvalue weighted by molar-refractivity contribution is 6.31. The number of rotatable bonds is 1. The number of aromatic nitrogens is 2. The molecule has 2 N–H and O–H groups in total. The highest BCUT2D eigenvalue weighted by atomic mass is 35.5. The average Bonchev–Trinajstić information content (AvgIpc) is 2.64. The largest absolute Gasteiger partial charge is 0.325 e. The lowest BCUT2D eigenvalue weighted by atomic mass is 10.2. The molecule has 0 saturated heterocycles. The Hall–Kier alpha value is -1.58. The van der Waals surface area contributed by atoms with Gasteiger partial charge in [-0.3, -0.25) is 4.40 Å². The van der Waals surface area contributed by atoms with Gasteiger partial charge in [0.2, 0.25) is 0 Å². The fourth-order valence-corrected chi connectivity index (χ4v) is 2.41. The molecule has 0 fully saturated rings. The molecule has 0 spiro atoms. The molecule has 4 heteroatoms. The Balaban J connectivity index is 2.53. The van der Waals surface area contributed by atoms with Crippen molar-refractivity contribution in [1.82, 2.24) is 9.38 Å². The summed E-state index contributed by atoms with van der Waals surface area (Å²) in [4.78, 5) is 4.51. The first-order valence-corrected chi connectivity index (χ1v) is 5.85. The summed E-state index contributed by atoms with van der Waals surface area (Å²) in [6.07, 6.45) is 0. The molecule has 17 heavy (non-hydrogen) atoms. The third-order valence-electron chi connectivity index (χ3n) is 3.03. The number of imidazole rings is 1.